The summed E-state index contributed by atoms with van der Waals surface area (Å²) in [5.41, 5.74) is 0. The van der Waals surface area contributed by atoms with Crippen LogP contribution in [0.4, 0.5) is 0 Å². The Morgan fingerprint density at radius 3 is 2.50 bits per heavy atom. The number of rotatable bonds is 6. The van der Waals surface area contributed by atoms with Crippen molar-refractivity contribution in [1.82, 2.24) is 10.0 Å². The maximum absolute atomic E-state index is 11.7. The molecule has 0 unspecified atom stereocenters. The lowest BCUT2D eigenvalue weighted by Gasteiger charge is -2.08. The number of carbonyl (C=O) groups excluding carboxylic acids is 1. The zero-order valence-corrected chi connectivity index (χ0v) is 10.8. The first-order chi connectivity index (χ1) is 8.42. The number of nitrogens with one attached hydrogen (secondary N) is 2. The standard InChI is InChI=1S/C11H16N2O4S/c1-9(14)7-12-11(15)8-13-18(16,17)10-5-3-2-4-6-10/h2-6,9,13-14H,7-8H2,1H3,(H,12,15)/t9-/m0/s1. The number of aliphatic hydroxyl groups is 1. The van der Waals surface area contributed by atoms with E-state index in [1.54, 1.807) is 18.2 Å². The number of aliphatic hydroxyl groups excluding tert-OH is 1. The zero-order chi connectivity index (χ0) is 13.6. The van der Waals surface area contributed by atoms with Gasteiger partial charge in [-0.1, -0.05) is 18.2 Å². The van der Waals surface area contributed by atoms with Crippen molar-refractivity contribution in [2.24, 2.45) is 0 Å². The van der Waals surface area contributed by atoms with Gasteiger partial charge in [0.15, 0.2) is 0 Å². The first-order valence-corrected chi connectivity index (χ1v) is 6.89. The third-order valence-corrected chi connectivity index (χ3v) is 3.49. The van der Waals surface area contributed by atoms with E-state index < -0.39 is 22.0 Å². The van der Waals surface area contributed by atoms with Crippen molar-refractivity contribution in [3.8, 4) is 0 Å². The van der Waals surface area contributed by atoms with Crippen LogP contribution in [0.3, 0.4) is 0 Å². The highest BCUT2D eigenvalue weighted by Crippen LogP contribution is 2.06. The molecule has 0 bridgehead atoms. The molecule has 1 aromatic rings. The summed E-state index contributed by atoms with van der Waals surface area (Å²) >= 11 is 0. The highest BCUT2D eigenvalue weighted by atomic mass is 32.2. The van der Waals surface area contributed by atoms with E-state index >= 15 is 0 Å². The fraction of sp³-hybridized carbons (Fsp3) is 0.364. The van der Waals surface area contributed by atoms with Crippen molar-refractivity contribution in [3.05, 3.63) is 30.3 Å². The van der Waals surface area contributed by atoms with Crippen molar-refractivity contribution < 1.29 is 18.3 Å². The minimum Gasteiger partial charge on any atom is -0.392 e. The number of amides is 1. The predicted octanol–water partition coefficient (Wildman–Crippen LogP) is -0.538. The average Bonchev–Trinajstić information content (AvgIpc) is 2.35. The lowest BCUT2D eigenvalue weighted by Crippen LogP contribution is -2.39. The van der Waals surface area contributed by atoms with Crippen LogP contribution in [0.5, 0.6) is 0 Å². The molecule has 6 nitrogen and oxygen atoms in total. The highest BCUT2D eigenvalue weighted by molar-refractivity contribution is 7.89. The Labute approximate surface area is 106 Å². The van der Waals surface area contributed by atoms with Crippen molar-refractivity contribution in [1.29, 1.82) is 0 Å². The Hall–Kier alpha value is -1.44. The van der Waals surface area contributed by atoms with Crippen LogP contribution in [0.25, 0.3) is 0 Å². The van der Waals surface area contributed by atoms with E-state index in [9.17, 15) is 13.2 Å². The van der Waals surface area contributed by atoms with Crippen LogP contribution in [0.2, 0.25) is 0 Å². The molecule has 0 radical (unpaired) electrons. The first kappa shape index (κ1) is 14.6. The van der Waals surface area contributed by atoms with Crippen LogP contribution in [0, 0.1) is 0 Å². The monoisotopic (exact) mass is 272 g/mol. The van der Waals surface area contributed by atoms with Crippen molar-refractivity contribution in [2.75, 3.05) is 13.1 Å². The maximum atomic E-state index is 11.7. The second kappa shape index (κ2) is 6.48. The van der Waals surface area contributed by atoms with Crippen LogP contribution < -0.4 is 10.0 Å². The quantitative estimate of drug-likeness (QED) is 0.648. The molecular weight excluding hydrogens is 256 g/mol. The van der Waals surface area contributed by atoms with Gasteiger partial charge in [-0.3, -0.25) is 4.79 Å². The Balaban J connectivity index is 2.51. The molecule has 18 heavy (non-hydrogen) atoms. The fourth-order valence-corrected chi connectivity index (χ4v) is 2.17. The Bertz CT molecular complexity index is 485. The smallest absolute Gasteiger partial charge is 0.241 e. The molecule has 0 heterocycles. The van der Waals surface area contributed by atoms with Crippen molar-refractivity contribution >= 4 is 15.9 Å². The van der Waals surface area contributed by atoms with Crippen LogP contribution >= 0.6 is 0 Å². The third kappa shape index (κ3) is 4.82. The van der Waals surface area contributed by atoms with Gasteiger partial charge in [0.25, 0.3) is 0 Å². The van der Waals surface area contributed by atoms with E-state index in [1.807, 2.05) is 0 Å². The van der Waals surface area contributed by atoms with Crippen LogP contribution in [-0.4, -0.2) is 38.6 Å². The molecule has 0 fully saturated rings. The van der Waals surface area contributed by atoms with Crippen LogP contribution in [0.1, 0.15) is 6.92 Å². The molecule has 7 heteroatoms. The van der Waals surface area contributed by atoms with E-state index in [2.05, 4.69) is 10.0 Å². The SMILES string of the molecule is C[C@H](O)CNC(=O)CNS(=O)(=O)c1ccccc1. The average molecular weight is 272 g/mol. The molecule has 1 amide bonds. The maximum Gasteiger partial charge on any atom is 0.241 e. The van der Waals surface area contributed by atoms with Crippen LogP contribution in [-0.2, 0) is 14.8 Å². The second-order valence-electron chi connectivity index (χ2n) is 3.79. The zero-order valence-electron chi connectivity index (χ0n) is 9.96. The van der Waals surface area contributed by atoms with Gasteiger partial charge in [0.1, 0.15) is 0 Å². The van der Waals surface area contributed by atoms with Crippen LogP contribution in [0.15, 0.2) is 35.2 Å². The number of benzene rings is 1. The molecule has 1 atom stereocenters. The molecule has 0 spiro atoms. The molecule has 1 aromatic carbocycles. The lowest BCUT2D eigenvalue weighted by molar-refractivity contribution is -0.120. The predicted molar refractivity (Wildman–Crippen MR) is 66.3 cm³/mol. The Morgan fingerprint density at radius 2 is 1.94 bits per heavy atom. The van der Waals surface area contributed by atoms with Gasteiger partial charge >= 0.3 is 0 Å². The van der Waals surface area contributed by atoms with Crippen molar-refractivity contribution in [3.63, 3.8) is 0 Å². The molecule has 0 aliphatic rings. The number of sulfonamides is 1. The molecule has 0 aromatic heterocycles. The van der Waals surface area contributed by atoms with E-state index in [4.69, 9.17) is 5.11 Å². The highest BCUT2D eigenvalue weighted by Gasteiger charge is 2.14. The van der Waals surface area contributed by atoms with Gasteiger partial charge < -0.3 is 10.4 Å². The molecule has 0 aliphatic heterocycles. The van der Waals surface area contributed by atoms with Gasteiger partial charge in [0.05, 0.1) is 17.5 Å². The summed E-state index contributed by atoms with van der Waals surface area (Å²) in [6, 6.07) is 7.78. The minimum atomic E-state index is -3.67. The van der Waals surface area contributed by atoms with Gasteiger partial charge in [-0.05, 0) is 19.1 Å². The summed E-state index contributed by atoms with van der Waals surface area (Å²) in [5.74, 6) is -0.490. The molecule has 3 N–H and O–H groups in total. The first-order valence-electron chi connectivity index (χ1n) is 5.41. The normalized spacial score (nSPS) is 13.0. The molecule has 0 saturated carbocycles. The number of carbonyl (C=O) groups is 1. The fourth-order valence-electron chi connectivity index (χ4n) is 1.17. The van der Waals surface area contributed by atoms with Gasteiger partial charge in [0, 0.05) is 6.54 Å². The van der Waals surface area contributed by atoms with E-state index in [0.29, 0.717) is 0 Å². The number of hydrogen-bond acceptors (Lipinski definition) is 4. The van der Waals surface area contributed by atoms with Gasteiger partial charge in [0.2, 0.25) is 15.9 Å². The van der Waals surface area contributed by atoms with Crippen molar-refractivity contribution in [2.45, 2.75) is 17.9 Å². The van der Waals surface area contributed by atoms with E-state index in [0.717, 1.165) is 0 Å². The molecule has 1 rings (SSSR count). The van der Waals surface area contributed by atoms with E-state index in [1.165, 1.54) is 19.1 Å². The summed E-state index contributed by atoms with van der Waals surface area (Å²) < 4.78 is 25.6. The summed E-state index contributed by atoms with van der Waals surface area (Å²) in [6.07, 6.45) is -0.667. The van der Waals surface area contributed by atoms with Gasteiger partial charge in [-0.25, -0.2) is 13.1 Å². The Morgan fingerprint density at radius 1 is 1.33 bits per heavy atom. The topological polar surface area (TPSA) is 95.5 Å². The summed E-state index contributed by atoms with van der Waals surface area (Å²) in [7, 11) is -3.67. The summed E-state index contributed by atoms with van der Waals surface area (Å²) in [4.78, 5) is 11.4. The molecule has 100 valence electrons. The molecular formula is C11H16N2O4S. The second-order valence-corrected chi connectivity index (χ2v) is 5.56. The Kier molecular flexibility index (Phi) is 5.26. The van der Waals surface area contributed by atoms with E-state index in [-0.39, 0.29) is 18.0 Å². The largest absolute Gasteiger partial charge is 0.392 e. The summed E-state index contributed by atoms with van der Waals surface area (Å²) in [5, 5.41) is 11.3. The minimum absolute atomic E-state index is 0.0892. The third-order valence-electron chi connectivity index (χ3n) is 2.07. The number of hydrogen-bond donors (Lipinski definition) is 3. The lowest BCUT2D eigenvalue weighted by atomic mass is 10.4. The molecule has 0 aliphatic carbocycles. The molecule has 0 saturated heterocycles. The van der Waals surface area contributed by atoms with Gasteiger partial charge in [-0.2, -0.15) is 0 Å². The van der Waals surface area contributed by atoms with Gasteiger partial charge in [-0.15, -0.1) is 0 Å². The summed E-state index contributed by atoms with van der Waals surface area (Å²) in [6.45, 7) is 1.25.